The molecule has 0 heterocycles. The number of halogens is 2. The van der Waals surface area contributed by atoms with E-state index in [0.29, 0.717) is 5.02 Å². The van der Waals surface area contributed by atoms with E-state index in [2.05, 4.69) is 28.2 Å². The summed E-state index contributed by atoms with van der Waals surface area (Å²) < 4.78 is 0.880. The zero-order chi connectivity index (χ0) is 11.4. The molecule has 1 aromatic rings. The van der Waals surface area contributed by atoms with Crippen LogP contribution in [0.15, 0.2) is 16.6 Å². The number of phenols is 1. The molecule has 0 saturated heterocycles. The van der Waals surface area contributed by atoms with E-state index in [1.807, 2.05) is 13.0 Å². The van der Waals surface area contributed by atoms with Crippen molar-refractivity contribution in [3.8, 4) is 5.75 Å². The van der Waals surface area contributed by atoms with Gasteiger partial charge < -0.3 is 10.4 Å². The summed E-state index contributed by atoms with van der Waals surface area (Å²) in [6.07, 6.45) is 1.06. The van der Waals surface area contributed by atoms with Gasteiger partial charge in [-0.25, -0.2) is 0 Å². The van der Waals surface area contributed by atoms with E-state index >= 15 is 0 Å². The fraction of sp³-hybridized carbons (Fsp3) is 0.455. The number of nitrogens with one attached hydrogen (secondary N) is 1. The molecule has 0 saturated carbocycles. The average molecular weight is 293 g/mol. The highest BCUT2D eigenvalue weighted by Gasteiger charge is 2.13. The maximum absolute atomic E-state index is 9.80. The molecular formula is C11H15BrClNO. The molecule has 0 aliphatic heterocycles. The van der Waals surface area contributed by atoms with Crippen molar-refractivity contribution < 1.29 is 5.11 Å². The molecule has 84 valence electrons. The molecule has 0 aliphatic carbocycles. The number of benzene rings is 1. The van der Waals surface area contributed by atoms with Crippen molar-refractivity contribution in [3.63, 3.8) is 0 Å². The summed E-state index contributed by atoms with van der Waals surface area (Å²) >= 11 is 9.25. The minimum atomic E-state index is 0.0972. The number of hydrogen-bond acceptors (Lipinski definition) is 2. The third kappa shape index (κ3) is 3.37. The van der Waals surface area contributed by atoms with Crippen LogP contribution in [0.1, 0.15) is 31.9 Å². The zero-order valence-corrected chi connectivity index (χ0v) is 11.2. The van der Waals surface area contributed by atoms with Crippen LogP contribution in [0.25, 0.3) is 0 Å². The Bertz CT molecular complexity index is 344. The fourth-order valence-electron chi connectivity index (χ4n) is 1.39. The van der Waals surface area contributed by atoms with Gasteiger partial charge in [-0.2, -0.15) is 0 Å². The zero-order valence-electron chi connectivity index (χ0n) is 8.85. The van der Waals surface area contributed by atoms with E-state index in [1.54, 1.807) is 6.07 Å². The predicted octanol–water partition coefficient (Wildman–Crippen LogP) is 3.87. The molecule has 2 N–H and O–H groups in total. The SMILES string of the molecule is CCCNC(C)c1cc(Br)cc(Cl)c1O. The topological polar surface area (TPSA) is 32.3 Å². The Kier molecular flexibility index (Phi) is 4.90. The van der Waals surface area contributed by atoms with Crippen molar-refractivity contribution in [2.75, 3.05) is 6.54 Å². The summed E-state index contributed by atoms with van der Waals surface area (Å²) in [4.78, 5) is 0. The van der Waals surface area contributed by atoms with Gasteiger partial charge in [-0.05, 0) is 32.0 Å². The van der Waals surface area contributed by atoms with Gasteiger partial charge >= 0.3 is 0 Å². The monoisotopic (exact) mass is 291 g/mol. The first-order valence-corrected chi connectivity index (χ1v) is 6.14. The van der Waals surface area contributed by atoms with Gasteiger partial charge in [0.15, 0.2) is 0 Å². The molecule has 0 radical (unpaired) electrons. The van der Waals surface area contributed by atoms with Gasteiger partial charge in [0, 0.05) is 16.1 Å². The first-order valence-electron chi connectivity index (χ1n) is 4.97. The molecule has 1 rings (SSSR count). The Morgan fingerprint density at radius 3 is 2.80 bits per heavy atom. The van der Waals surface area contributed by atoms with E-state index < -0.39 is 0 Å². The molecule has 1 unspecified atom stereocenters. The summed E-state index contributed by atoms with van der Waals surface area (Å²) in [6.45, 7) is 5.03. The summed E-state index contributed by atoms with van der Waals surface area (Å²) in [5, 5.41) is 13.5. The predicted molar refractivity (Wildman–Crippen MR) is 67.5 cm³/mol. The lowest BCUT2D eigenvalue weighted by atomic mass is 10.1. The molecule has 0 aromatic heterocycles. The third-order valence-corrected chi connectivity index (χ3v) is 2.97. The summed E-state index contributed by atoms with van der Waals surface area (Å²) in [6, 6.07) is 3.67. The Labute approximate surface area is 104 Å². The van der Waals surface area contributed by atoms with Crippen molar-refractivity contribution in [2.24, 2.45) is 0 Å². The van der Waals surface area contributed by atoms with E-state index in [9.17, 15) is 5.11 Å². The highest BCUT2D eigenvalue weighted by Crippen LogP contribution is 2.34. The van der Waals surface area contributed by atoms with Crippen molar-refractivity contribution in [2.45, 2.75) is 26.3 Å². The molecule has 1 atom stereocenters. The number of hydrogen-bond donors (Lipinski definition) is 2. The van der Waals surface area contributed by atoms with Crippen molar-refractivity contribution in [1.29, 1.82) is 0 Å². The van der Waals surface area contributed by atoms with Gasteiger partial charge in [-0.15, -0.1) is 0 Å². The molecule has 2 nitrogen and oxygen atoms in total. The molecule has 1 aromatic carbocycles. The summed E-state index contributed by atoms with van der Waals surface area (Å²) in [5.41, 5.74) is 0.822. The van der Waals surface area contributed by atoms with Crippen molar-refractivity contribution >= 4 is 27.5 Å². The lowest BCUT2D eigenvalue weighted by molar-refractivity contribution is 0.452. The van der Waals surface area contributed by atoms with Crippen LogP contribution in [0.2, 0.25) is 5.02 Å². The first-order chi connectivity index (χ1) is 7.06. The molecule has 0 aliphatic rings. The largest absolute Gasteiger partial charge is 0.506 e. The van der Waals surface area contributed by atoms with Gasteiger partial charge in [-0.1, -0.05) is 34.5 Å². The first kappa shape index (κ1) is 12.8. The Morgan fingerprint density at radius 2 is 2.20 bits per heavy atom. The normalized spacial score (nSPS) is 12.8. The molecule has 0 spiro atoms. The van der Waals surface area contributed by atoms with Crippen LogP contribution in [-0.4, -0.2) is 11.7 Å². The lowest BCUT2D eigenvalue weighted by Gasteiger charge is -2.16. The van der Waals surface area contributed by atoms with Gasteiger partial charge in [-0.3, -0.25) is 0 Å². The Hall–Kier alpha value is -0.250. The minimum absolute atomic E-state index is 0.0972. The molecule has 0 amide bonds. The van der Waals surface area contributed by atoms with Crippen LogP contribution in [0.3, 0.4) is 0 Å². The number of aromatic hydroxyl groups is 1. The highest BCUT2D eigenvalue weighted by molar-refractivity contribution is 9.10. The quantitative estimate of drug-likeness (QED) is 0.883. The molecule has 15 heavy (non-hydrogen) atoms. The van der Waals surface area contributed by atoms with Gasteiger partial charge in [0.05, 0.1) is 5.02 Å². The highest BCUT2D eigenvalue weighted by atomic mass is 79.9. The van der Waals surface area contributed by atoms with Crippen molar-refractivity contribution in [3.05, 3.63) is 27.2 Å². The van der Waals surface area contributed by atoms with E-state index in [-0.39, 0.29) is 11.8 Å². The third-order valence-electron chi connectivity index (χ3n) is 2.22. The molecule has 0 bridgehead atoms. The van der Waals surface area contributed by atoms with Gasteiger partial charge in [0.25, 0.3) is 0 Å². The standard InChI is InChI=1S/C11H15BrClNO/c1-3-4-14-7(2)9-5-8(12)6-10(13)11(9)15/h5-7,14-15H,3-4H2,1-2H3. The second kappa shape index (κ2) is 5.73. The van der Waals surface area contributed by atoms with Crippen LogP contribution in [0, 0.1) is 0 Å². The van der Waals surface area contributed by atoms with Gasteiger partial charge in [0.2, 0.25) is 0 Å². The van der Waals surface area contributed by atoms with Crippen molar-refractivity contribution in [1.82, 2.24) is 5.32 Å². The second-order valence-electron chi connectivity index (χ2n) is 3.50. The smallest absolute Gasteiger partial charge is 0.139 e. The molecule has 4 heteroatoms. The number of phenolic OH excluding ortho intramolecular Hbond substituents is 1. The van der Waals surface area contributed by atoms with E-state index in [1.165, 1.54) is 0 Å². The average Bonchev–Trinajstić information content (AvgIpc) is 2.19. The van der Waals surface area contributed by atoms with Gasteiger partial charge in [0.1, 0.15) is 5.75 Å². The summed E-state index contributed by atoms with van der Waals surface area (Å²) in [5.74, 6) is 0.163. The maximum Gasteiger partial charge on any atom is 0.139 e. The second-order valence-corrected chi connectivity index (χ2v) is 4.82. The maximum atomic E-state index is 9.80. The van der Waals surface area contributed by atoms with Crippen LogP contribution in [0.5, 0.6) is 5.75 Å². The van der Waals surface area contributed by atoms with Crippen LogP contribution in [0.4, 0.5) is 0 Å². The van der Waals surface area contributed by atoms with Crippen LogP contribution >= 0.6 is 27.5 Å². The molecule has 0 fully saturated rings. The lowest BCUT2D eigenvalue weighted by Crippen LogP contribution is -2.19. The van der Waals surface area contributed by atoms with Crippen LogP contribution in [-0.2, 0) is 0 Å². The molecular weight excluding hydrogens is 277 g/mol. The van der Waals surface area contributed by atoms with E-state index in [0.717, 1.165) is 23.0 Å². The Morgan fingerprint density at radius 1 is 1.53 bits per heavy atom. The Balaban J connectivity index is 2.92. The fourth-order valence-corrected chi connectivity index (χ4v) is 2.22. The van der Waals surface area contributed by atoms with Crippen LogP contribution < -0.4 is 5.32 Å². The minimum Gasteiger partial charge on any atom is -0.506 e. The summed E-state index contributed by atoms with van der Waals surface area (Å²) in [7, 11) is 0. The van der Waals surface area contributed by atoms with E-state index in [4.69, 9.17) is 11.6 Å². The number of rotatable bonds is 4.